The van der Waals surface area contributed by atoms with Crippen LogP contribution in [0.15, 0.2) is 59.1 Å². The minimum absolute atomic E-state index is 0.153. The minimum Gasteiger partial charge on any atom is -0.439 e. The SMILES string of the molecule is CCN(CC(=O)Nc1ccc(NC(C)=O)cc1)Cc1ncc(-c2ccc(F)cc2)o1. The Hall–Kier alpha value is -3.52. The summed E-state index contributed by atoms with van der Waals surface area (Å²) in [7, 11) is 0. The van der Waals surface area contributed by atoms with Crippen molar-refractivity contribution in [3.63, 3.8) is 0 Å². The monoisotopic (exact) mass is 410 g/mol. The summed E-state index contributed by atoms with van der Waals surface area (Å²) in [4.78, 5) is 29.6. The third-order valence-electron chi connectivity index (χ3n) is 4.34. The van der Waals surface area contributed by atoms with Crippen molar-refractivity contribution in [2.75, 3.05) is 23.7 Å². The minimum atomic E-state index is -0.314. The lowest BCUT2D eigenvalue weighted by molar-refractivity contribution is -0.117. The van der Waals surface area contributed by atoms with Crippen molar-refractivity contribution in [3.8, 4) is 11.3 Å². The maximum Gasteiger partial charge on any atom is 0.238 e. The quantitative estimate of drug-likeness (QED) is 0.588. The number of anilines is 2. The molecule has 0 aliphatic carbocycles. The lowest BCUT2D eigenvalue weighted by Gasteiger charge is -2.18. The second-order valence-electron chi connectivity index (χ2n) is 6.74. The van der Waals surface area contributed by atoms with Gasteiger partial charge in [-0.1, -0.05) is 6.92 Å². The number of nitrogens with one attached hydrogen (secondary N) is 2. The fourth-order valence-corrected chi connectivity index (χ4v) is 2.85. The number of oxazole rings is 1. The van der Waals surface area contributed by atoms with Gasteiger partial charge in [0.05, 0.1) is 19.3 Å². The molecular formula is C22H23FN4O3. The number of nitrogens with zero attached hydrogens (tertiary/aromatic N) is 2. The van der Waals surface area contributed by atoms with Gasteiger partial charge in [-0.15, -0.1) is 0 Å². The highest BCUT2D eigenvalue weighted by Gasteiger charge is 2.14. The van der Waals surface area contributed by atoms with Crippen molar-refractivity contribution in [1.29, 1.82) is 0 Å². The van der Waals surface area contributed by atoms with E-state index in [2.05, 4.69) is 15.6 Å². The topological polar surface area (TPSA) is 87.5 Å². The number of carbonyl (C=O) groups is 2. The van der Waals surface area contributed by atoms with E-state index in [4.69, 9.17) is 4.42 Å². The summed E-state index contributed by atoms with van der Waals surface area (Å²) in [5.74, 6) is 0.383. The second-order valence-corrected chi connectivity index (χ2v) is 6.74. The summed E-state index contributed by atoms with van der Waals surface area (Å²) < 4.78 is 18.8. The lowest BCUT2D eigenvalue weighted by atomic mass is 10.2. The number of likely N-dealkylation sites (N-methyl/N-ethyl adjacent to an activating group) is 1. The van der Waals surface area contributed by atoms with E-state index < -0.39 is 0 Å². The van der Waals surface area contributed by atoms with Gasteiger partial charge >= 0.3 is 0 Å². The van der Waals surface area contributed by atoms with Crippen molar-refractivity contribution >= 4 is 23.2 Å². The summed E-state index contributed by atoms with van der Waals surface area (Å²) in [5.41, 5.74) is 2.04. The van der Waals surface area contributed by atoms with Crippen LogP contribution in [0.3, 0.4) is 0 Å². The standard InChI is InChI=1S/C22H23FN4O3/c1-3-27(13-21(29)26-19-10-8-18(9-11-19)25-15(2)28)14-22-24-12-20(30-22)16-4-6-17(23)7-5-16/h4-12H,3,13-14H2,1-2H3,(H,25,28)(H,26,29). The van der Waals surface area contributed by atoms with Crippen molar-refractivity contribution in [2.24, 2.45) is 0 Å². The second kappa shape index (κ2) is 9.80. The molecule has 0 atom stereocenters. The predicted octanol–water partition coefficient (Wildman–Crippen LogP) is 3.90. The van der Waals surface area contributed by atoms with Crippen LogP contribution in [0.5, 0.6) is 0 Å². The van der Waals surface area contributed by atoms with Gasteiger partial charge in [0.2, 0.25) is 17.7 Å². The van der Waals surface area contributed by atoms with E-state index in [1.54, 1.807) is 42.6 Å². The van der Waals surface area contributed by atoms with Crippen LogP contribution in [0.2, 0.25) is 0 Å². The van der Waals surface area contributed by atoms with Crippen molar-refractivity contribution in [3.05, 3.63) is 66.4 Å². The first-order valence-electron chi connectivity index (χ1n) is 9.53. The molecule has 0 saturated carbocycles. The highest BCUT2D eigenvalue weighted by Crippen LogP contribution is 2.21. The van der Waals surface area contributed by atoms with Crippen LogP contribution in [-0.4, -0.2) is 34.8 Å². The van der Waals surface area contributed by atoms with E-state index in [1.807, 2.05) is 11.8 Å². The zero-order valence-electron chi connectivity index (χ0n) is 16.8. The van der Waals surface area contributed by atoms with Crippen LogP contribution in [0.1, 0.15) is 19.7 Å². The number of rotatable bonds is 8. The number of carbonyl (C=O) groups excluding carboxylic acids is 2. The molecule has 2 N–H and O–H groups in total. The Bertz CT molecular complexity index is 1000. The van der Waals surface area contributed by atoms with E-state index in [-0.39, 0.29) is 24.2 Å². The Morgan fingerprint density at radius 3 is 2.27 bits per heavy atom. The molecule has 0 aliphatic heterocycles. The van der Waals surface area contributed by atoms with Gasteiger partial charge in [-0.25, -0.2) is 9.37 Å². The molecule has 3 rings (SSSR count). The molecule has 8 heteroatoms. The summed E-state index contributed by atoms with van der Waals surface area (Å²) in [6, 6.07) is 12.9. The van der Waals surface area contributed by atoms with E-state index in [1.165, 1.54) is 19.1 Å². The van der Waals surface area contributed by atoms with Crippen LogP contribution in [0, 0.1) is 5.82 Å². The normalized spacial score (nSPS) is 10.8. The molecule has 0 saturated heterocycles. The highest BCUT2D eigenvalue weighted by molar-refractivity contribution is 5.93. The van der Waals surface area contributed by atoms with Crippen molar-refractivity contribution < 1.29 is 18.4 Å². The van der Waals surface area contributed by atoms with Crippen LogP contribution in [0.25, 0.3) is 11.3 Å². The predicted molar refractivity (Wildman–Crippen MR) is 112 cm³/mol. The highest BCUT2D eigenvalue weighted by atomic mass is 19.1. The average molecular weight is 410 g/mol. The molecule has 2 aromatic carbocycles. The number of hydrogen-bond donors (Lipinski definition) is 2. The third kappa shape index (κ3) is 5.99. The van der Waals surface area contributed by atoms with E-state index in [9.17, 15) is 14.0 Å². The molecule has 0 unspecified atom stereocenters. The molecular weight excluding hydrogens is 387 g/mol. The number of benzene rings is 2. The van der Waals surface area contributed by atoms with Gasteiger partial charge in [0, 0.05) is 23.9 Å². The Balaban J connectivity index is 1.55. The van der Waals surface area contributed by atoms with E-state index >= 15 is 0 Å². The fourth-order valence-electron chi connectivity index (χ4n) is 2.85. The van der Waals surface area contributed by atoms with E-state index in [0.717, 1.165) is 5.56 Å². The maximum atomic E-state index is 13.1. The number of aromatic nitrogens is 1. The first kappa shape index (κ1) is 21.2. The number of amides is 2. The van der Waals surface area contributed by atoms with Gasteiger partial charge < -0.3 is 15.1 Å². The molecule has 0 aliphatic rings. The molecule has 30 heavy (non-hydrogen) atoms. The number of hydrogen-bond acceptors (Lipinski definition) is 5. The van der Waals surface area contributed by atoms with Crippen molar-refractivity contribution in [1.82, 2.24) is 9.88 Å². The third-order valence-corrected chi connectivity index (χ3v) is 4.34. The molecule has 156 valence electrons. The zero-order valence-corrected chi connectivity index (χ0v) is 16.8. The van der Waals surface area contributed by atoms with Gasteiger partial charge in [0.15, 0.2) is 5.76 Å². The lowest BCUT2D eigenvalue weighted by Crippen LogP contribution is -2.32. The van der Waals surface area contributed by atoms with E-state index in [0.29, 0.717) is 36.1 Å². The Kier molecular flexibility index (Phi) is 6.92. The van der Waals surface area contributed by atoms with Gasteiger partial charge in [0.25, 0.3) is 0 Å². The molecule has 1 aromatic heterocycles. The van der Waals surface area contributed by atoms with Crippen LogP contribution in [-0.2, 0) is 16.1 Å². The molecule has 1 heterocycles. The largest absolute Gasteiger partial charge is 0.439 e. The summed E-state index contributed by atoms with van der Waals surface area (Å²) in [6.45, 7) is 4.54. The molecule has 0 bridgehead atoms. The summed E-state index contributed by atoms with van der Waals surface area (Å²) >= 11 is 0. The molecule has 0 radical (unpaired) electrons. The Morgan fingerprint density at radius 1 is 1.03 bits per heavy atom. The molecule has 2 amide bonds. The first-order valence-corrected chi connectivity index (χ1v) is 9.53. The fraction of sp³-hybridized carbons (Fsp3) is 0.227. The van der Waals surface area contributed by atoms with Crippen LogP contribution < -0.4 is 10.6 Å². The zero-order chi connectivity index (χ0) is 21.5. The Morgan fingerprint density at radius 2 is 1.67 bits per heavy atom. The molecule has 3 aromatic rings. The molecule has 0 spiro atoms. The summed E-state index contributed by atoms with van der Waals surface area (Å²) in [6.07, 6.45) is 1.59. The average Bonchev–Trinajstić information content (AvgIpc) is 3.17. The summed E-state index contributed by atoms with van der Waals surface area (Å²) in [5, 5.41) is 5.50. The maximum absolute atomic E-state index is 13.1. The van der Waals surface area contributed by atoms with Gasteiger partial charge in [-0.3, -0.25) is 14.5 Å². The van der Waals surface area contributed by atoms with Gasteiger partial charge in [-0.05, 0) is 55.1 Å². The Labute approximate surface area is 173 Å². The number of halogens is 1. The van der Waals surface area contributed by atoms with Crippen LogP contribution in [0.4, 0.5) is 15.8 Å². The van der Waals surface area contributed by atoms with Crippen LogP contribution >= 0.6 is 0 Å². The molecule has 7 nitrogen and oxygen atoms in total. The van der Waals surface area contributed by atoms with Crippen molar-refractivity contribution in [2.45, 2.75) is 20.4 Å². The molecule has 0 fully saturated rings. The first-order chi connectivity index (χ1) is 14.4. The van der Waals surface area contributed by atoms with Gasteiger partial charge in [-0.2, -0.15) is 0 Å². The van der Waals surface area contributed by atoms with Gasteiger partial charge in [0.1, 0.15) is 5.82 Å². The smallest absolute Gasteiger partial charge is 0.238 e.